The largest absolute Gasteiger partial charge is 0.455 e. The van der Waals surface area contributed by atoms with Crippen LogP contribution >= 0.6 is 0 Å². The van der Waals surface area contributed by atoms with E-state index < -0.39 is 6.04 Å². The minimum absolute atomic E-state index is 0.186. The maximum Gasteiger partial charge on any atom is 0.296 e. The van der Waals surface area contributed by atoms with Gasteiger partial charge in [0.15, 0.2) is 16.6 Å². The molecule has 0 saturated carbocycles. The number of rotatable bonds is 5. The lowest BCUT2D eigenvalue weighted by Crippen LogP contribution is -2.35. The second-order valence-corrected chi connectivity index (χ2v) is 12.1. The summed E-state index contributed by atoms with van der Waals surface area (Å²) in [6.45, 7) is 8.97. The molecule has 2 aromatic heterocycles. The summed E-state index contributed by atoms with van der Waals surface area (Å²) in [6.07, 6.45) is 0. The fourth-order valence-electron chi connectivity index (χ4n) is 6.55. The molecule has 1 N–H and O–H groups in total. The quantitative estimate of drug-likeness (QED) is 0.203. The van der Waals surface area contributed by atoms with Crippen LogP contribution in [0.2, 0.25) is 0 Å². The van der Waals surface area contributed by atoms with Crippen molar-refractivity contribution >= 4 is 43.7 Å². The number of H-pyrrole nitrogens is 1. The first-order chi connectivity index (χ1) is 23.5. The fourth-order valence-corrected chi connectivity index (χ4v) is 6.55. The summed E-state index contributed by atoms with van der Waals surface area (Å²) in [4.78, 5) is 3.75. The Morgan fingerprint density at radius 2 is 1.43 bits per heavy atom. The van der Waals surface area contributed by atoms with E-state index in [9.17, 15) is 0 Å². The van der Waals surface area contributed by atoms with Crippen molar-refractivity contribution in [2.45, 2.75) is 39.5 Å². The molecule has 214 valence electrons. The molecular formula is C41H35N2O+. The molecule has 8 rings (SSSR count). The molecule has 2 heterocycles. The number of para-hydroxylation sites is 4. The maximum absolute atomic E-state index is 8.49. The van der Waals surface area contributed by atoms with Gasteiger partial charge in [-0.05, 0) is 70.1 Å². The van der Waals surface area contributed by atoms with E-state index in [4.69, 9.17) is 11.3 Å². The fraction of sp³-hybridized carbons (Fsp3) is 0.146. The van der Waals surface area contributed by atoms with Gasteiger partial charge in [-0.25, -0.2) is 4.98 Å². The van der Waals surface area contributed by atoms with Crippen LogP contribution in [0, 0.1) is 0 Å². The molecule has 8 aromatic rings. The maximum atomic E-state index is 8.49. The summed E-state index contributed by atoms with van der Waals surface area (Å²) in [6, 6.07) is 29.5. The van der Waals surface area contributed by atoms with E-state index in [2.05, 4.69) is 104 Å². The normalized spacial score (nSPS) is 13.6. The van der Waals surface area contributed by atoms with E-state index in [-0.39, 0.29) is 29.7 Å². The lowest BCUT2D eigenvalue weighted by Gasteiger charge is -2.18. The SMILES string of the molecule is [2H]c1c([2H])c([2H])c(-c2ccc3cc4c(cc3c2)oc2c(-c3[nH]c5ccccc5[n+]3-c3c(C(C)C)cccc3C(C)C)cccc24)c([2H])c1[2H]. The van der Waals surface area contributed by atoms with Gasteiger partial charge in [-0.3, -0.25) is 0 Å². The van der Waals surface area contributed by atoms with Crippen molar-refractivity contribution in [2.75, 3.05) is 0 Å². The highest BCUT2D eigenvalue weighted by atomic mass is 16.3. The Morgan fingerprint density at radius 3 is 2.20 bits per heavy atom. The number of hydrogen-bond acceptors (Lipinski definition) is 1. The van der Waals surface area contributed by atoms with Crippen LogP contribution < -0.4 is 4.57 Å². The zero-order chi connectivity index (χ0) is 34.3. The van der Waals surface area contributed by atoms with Crippen molar-refractivity contribution in [1.29, 1.82) is 0 Å². The van der Waals surface area contributed by atoms with Crippen molar-refractivity contribution in [2.24, 2.45) is 0 Å². The Morgan fingerprint density at radius 1 is 0.682 bits per heavy atom. The van der Waals surface area contributed by atoms with Crippen LogP contribution in [0.1, 0.15) is 57.5 Å². The number of benzene rings is 6. The Labute approximate surface area is 264 Å². The minimum Gasteiger partial charge on any atom is -0.455 e. The first-order valence-electron chi connectivity index (χ1n) is 17.7. The van der Waals surface area contributed by atoms with Crippen molar-refractivity contribution in [3.63, 3.8) is 0 Å². The number of fused-ring (bicyclic) bond motifs is 5. The highest BCUT2D eigenvalue weighted by Gasteiger charge is 2.30. The molecule has 0 radical (unpaired) electrons. The second-order valence-electron chi connectivity index (χ2n) is 12.1. The number of aromatic amines is 1. The zero-order valence-corrected chi connectivity index (χ0v) is 25.2. The average molecular weight is 577 g/mol. The van der Waals surface area contributed by atoms with E-state index in [1.807, 2.05) is 24.3 Å². The highest BCUT2D eigenvalue weighted by Crippen LogP contribution is 2.39. The average Bonchev–Trinajstić information content (AvgIpc) is 3.66. The lowest BCUT2D eigenvalue weighted by atomic mass is 9.92. The van der Waals surface area contributed by atoms with Crippen LogP contribution in [0.25, 0.3) is 71.9 Å². The molecule has 6 aromatic carbocycles. The summed E-state index contributed by atoms with van der Waals surface area (Å²) in [5.41, 5.74) is 9.04. The number of nitrogens with zero attached hydrogens (tertiary/aromatic N) is 1. The number of furan rings is 1. The first-order valence-corrected chi connectivity index (χ1v) is 15.2. The topological polar surface area (TPSA) is 32.8 Å². The number of aromatic nitrogens is 2. The van der Waals surface area contributed by atoms with Gasteiger partial charge < -0.3 is 4.42 Å². The van der Waals surface area contributed by atoms with Gasteiger partial charge in [0.1, 0.15) is 16.8 Å². The van der Waals surface area contributed by atoms with E-state index >= 15 is 0 Å². The molecule has 0 aliphatic rings. The van der Waals surface area contributed by atoms with Crippen LogP contribution in [0.4, 0.5) is 0 Å². The third-order valence-corrected chi connectivity index (χ3v) is 8.69. The number of imidazole rings is 1. The predicted molar refractivity (Wildman–Crippen MR) is 184 cm³/mol. The van der Waals surface area contributed by atoms with Gasteiger partial charge >= 0.3 is 0 Å². The van der Waals surface area contributed by atoms with Crippen LogP contribution in [-0.4, -0.2) is 4.98 Å². The van der Waals surface area contributed by atoms with E-state index in [0.29, 0.717) is 23.0 Å². The van der Waals surface area contributed by atoms with Crippen LogP contribution in [0.5, 0.6) is 0 Å². The third kappa shape index (κ3) is 4.15. The monoisotopic (exact) mass is 576 g/mol. The molecule has 0 saturated heterocycles. The van der Waals surface area contributed by atoms with Gasteiger partial charge in [0.05, 0.1) is 6.85 Å². The molecule has 44 heavy (non-hydrogen) atoms. The first kappa shape index (κ1) is 21.5. The zero-order valence-electron chi connectivity index (χ0n) is 30.2. The van der Waals surface area contributed by atoms with Gasteiger partial charge in [0.25, 0.3) is 5.82 Å². The molecule has 0 spiro atoms. The minimum atomic E-state index is -0.399. The third-order valence-electron chi connectivity index (χ3n) is 8.69. The lowest BCUT2D eigenvalue weighted by molar-refractivity contribution is -0.556. The van der Waals surface area contributed by atoms with E-state index in [0.717, 1.165) is 49.5 Å². The highest BCUT2D eigenvalue weighted by molar-refractivity contribution is 6.13. The molecule has 0 bridgehead atoms. The van der Waals surface area contributed by atoms with Crippen molar-refractivity contribution in [1.82, 2.24) is 4.98 Å². The summed E-state index contributed by atoms with van der Waals surface area (Å²) in [7, 11) is 0. The molecule has 3 nitrogen and oxygen atoms in total. The van der Waals surface area contributed by atoms with Gasteiger partial charge in [0.2, 0.25) is 0 Å². The van der Waals surface area contributed by atoms with Gasteiger partial charge in [0, 0.05) is 21.9 Å². The molecule has 3 heteroatoms. The van der Waals surface area contributed by atoms with Crippen LogP contribution in [0.15, 0.2) is 126 Å². The summed E-state index contributed by atoms with van der Waals surface area (Å²) in [5.74, 6) is 1.56. The number of hydrogen-bond donors (Lipinski definition) is 1. The van der Waals surface area contributed by atoms with Crippen molar-refractivity contribution < 1.29 is 15.8 Å². The van der Waals surface area contributed by atoms with Gasteiger partial charge in [-0.15, -0.1) is 0 Å². The van der Waals surface area contributed by atoms with Crippen molar-refractivity contribution in [3.05, 3.63) is 132 Å². The summed E-state index contributed by atoms with van der Waals surface area (Å²) in [5, 5.41) is 3.79. The molecule has 0 atom stereocenters. The number of nitrogens with one attached hydrogen (secondary N) is 1. The van der Waals surface area contributed by atoms with Gasteiger partial charge in [-0.2, -0.15) is 4.57 Å². The molecule has 0 amide bonds. The molecule has 0 fully saturated rings. The molecule has 0 aliphatic heterocycles. The Kier molecular flexibility index (Phi) is 5.01. The van der Waals surface area contributed by atoms with Gasteiger partial charge in [-0.1, -0.05) is 113 Å². The Balaban J connectivity index is 1.38. The Bertz CT molecular complexity index is 2580. The summed E-state index contributed by atoms with van der Waals surface area (Å²) >= 11 is 0. The second kappa shape index (κ2) is 10.2. The van der Waals surface area contributed by atoms with Crippen LogP contribution in [-0.2, 0) is 0 Å². The summed E-state index contributed by atoms with van der Waals surface area (Å²) < 4.78 is 50.4. The molecule has 0 aliphatic carbocycles. The van der Waals surface area contributed by atoms with Crippen molar-refractivity contribution in [3.8, 4) is 28.2 Å². The molecule has 0 unspecified atom stereocenters. The van der Waals surface area contributed by atoms with E-state index in [1.54, 1.807) is 0 Å². The molecular weight excluding hydrogens is 536 g/mol. The Hall–Kier alpha value is -5.15. The van der Waals surface area contributed by atoms with E-state index in [1.165, 1.54) is 16.8 Å². The van der Waals surface area contributed by atoms with Crippen LogP contribution in [0.3, 0.4) is 0 Å². The smallest absolute Gasteiger partial charge is 0.296 e. The standard InChI is InChI=1S/C41H34N2O/c1-25(2)31-14-10-15-32(26(3)4)39(31)43-37-19-9-8-18-36(37)42-41(43)34-17-11-16-33-35-23-29-21-20-28(27-12-6-5-7-13-27)22-30(29)24-38(35)44-40(33)34/h5-26H,1-4H3/p+1/i5D,6D,7D,12D,13D. The predicted octanol–water partition coefficient (Wildman–Crippen LogP) is 11.1.